The number of aryl methyl sites for hydroxylation is 1. The van der Waals surface area contributed by atoms with Gasteiger partial charge in [-0.2, -0.15) is 0 Å². The lowest BCUT2D eigenvalue weighted by Gasteiger charge is -2.06. The zero-order valence-corrected chi connectivity index (χ0v) is 9.55. The highest BCUT2D eigenvalue weighted by atomic mass is 19.1. The number of hydrogen-bond donors (Lipinski definition) is 1. The number of alkyl carbamates (subject to hydrolysis) is 1. The van der Waals surface area contributed by atoms with Crippen molar-refractivity contribution in [2.24, 2.45) is 0 Å². The summed E-state index contributed by atoms with van der Waals surface area (Å²) < 4.78 is 17.7. The lowest BCUT2D eigenvalue weighted by atomic mass is 10.1. The van der Waals surface area contributed by atoms with E-state index in [1.165, 1.54) is 6.07 Å². The normalized spacial score (nSPS) is 9.94. The molecule has 0 bridgehead atoms. The van der Waals surface area contributed by atoms with Gasteiger partial charge in [-0.15, -0.1) is 0 Å². The van der Waals surface area contributed by atoms with E-state index in [1.54, 1.807) is 26.0 Å². The molecule has 0 heterocycles. The van der Waals surface area contributed by atoms with E-state index in [-0.39, 0.29) is 5.82 Å². The van der Waals surface area contributed by atoms with E-state index in [0.29, 0.717) is 25.1 Å². The van der Waals surface area contributed by atoms with E-state index in [9.17, 15) is 9.18 Å². The molecule has 0 unspecified atom stereocenters. The molecule has 0 fully saturated rings. The van der Waals surface area contributed by atoms with Gasteiger partial charge in [-0.05, 0) is 37.5 Å². The Morgan fingerprint density at radius 1 is 1.50 bits per heavy atom. The van der Waals surface area contributed by atoms with Gasteiger partial charge in [-0.3, -0.25) is 0 Å². The average Bonchev–Trinajstić information content (AvgIpc) is 2.24. The van der Waals surface area contributed by atoms with Gasteiger partial charge in [0.15, 0.2) is 0 Å². The number of halogens is 1. The van der Waals surface area contributed by atoms with Crippen molar-refractivity contribution in [3.63, 3.8) is 0 Å². The van der Waals surface area contributed by atoms with Crippen molar-refractivity contribution in [1.82, 2.24) is 5.32 Å². The second-order valence-corrected chi connectivity index (χ2v) is 3.48. The standard InChI is InChI=1S/C12H16FNO2/c1-3-16-12(15)14-7-6-10-4-5-11(13)9(2)8-10/h4-5,8H,3,6-7H2,1-2H3,(H,14,15). The molecule has 1 amide bonds. The molecular weight excluding hydrogens is 209 g/mol. The van der Waals surface area contributed by atoms with Crippen LogP contribution in [0.4, 0.5) is 9.18 Å². The zero-order valence-electron chi connectivity index (χ0n) is 9.55. The largest absolute Gasteiger partial charge is 0.450 e. The second kappa shape index (κ2) is 6.10. The third kappa shape index (κ3) is 3.88. The highest BCUT2D eigenvalue weighted by Gasteiger charge is 2.01. The molecule has 1 aromatic carbocycles. The Labute approximate surface area is 94.6 Å². The van der Waals surface area contributed by atoms with Crippen molar-refractivity contribution in [2.45, 2.75) is 20.3 Å². The number of amides is 1. The third-order valence-electron chi connectivity index (χ3n) is 2.18. The molecule has 0 aliphatic rings. The molecule has 0 aliphatic carbocycles. The van der Waals surface area contributed by atoms with Crippen molar-refractivity contribution >= 4 is 6.09 Å². The molecule has 88 valence electrons. The Balaban J connectivity index is 2.37. The van der Waals surface area contributed by atoms with Crippen LogP contribution in [0.1, 0.15) is 18.1 Å². The zero-order chi connectivity index (χ0) is 12.0. The molecule has 1 rings (SSSR count). The average molecular weight is 225 g/mol. The summed E-state index contributed by atoms with van der Waals surface area (Å²) in [5, 5.41) is 2.61. The Kier molecular flexibility index (Phi) is 4.76. The van der Waals surface area contributed by atoms with Crippen molar-refractivity contribution in [3.8, 4) is 0 Å². The molecule has 16 heavy (non-hydrogen) atoms. The van der Waals surface area contributed by atoms with E-state index < -0.39 is 6.09 Å². The SMILES string of the molecule is CCOC(=O)NCCc1ccc(F)c(C)c1. The lowest BCUT2D eigenvalue weighted by molar-refractivity contribution is 0.152. The number of carbonyl (C=O) groups excluding carboxylic acids is 1. The summed E-state index contributed by atoms with van der Waals surface area (Å²) in [6.07, 6.45) is 0.251. The highest BCUT2D eigenvalue weighted by Crippen LogP contribution is 2.09. The molecule has 0 aromatic heterocycles. The molecule has 0 saturated carbocycles. The topological polar surface area (TPSA) is 38.3 Å². The summed E-state index contributed by atoms with van der Waals surface area (Å²) in [6.45, 7) is 4.33. The number of hydrogen-bond acceptors (Lipinski definition) is 2. The summed E-state index contributed by atoms with van der Waals surface area (Å²) in [5.41, 5.74) is 1.62. The van der Waals surface area contributed by atoms with Crippen LogP contribution in [0, 0.1) is 12.7 Å². The number of nitrogens with one attached hydrogen (secondary N) is 1. The molecule has 1 aromatic rings. The number of ether oxygens (including phenoxy) is 1. The monoisotopic (exact) mass is 225 g/mol. The first-order chi connectivity index (χ1) is 7.63. The van der Waals surface area contributed by atoms with Gasteiger partial charge in [0.1, 0.15) is 5.82 Å². The van der Waals surface area contributed by atoms with Crippen LogP contribution in [0.3, 0.4) is 0 Å². The van der Waals surface area contributed by atoms with E-state index in [1.807, 2.05) is 0 Å². The first-order valence-electron chi connectivity index (χ1n) is 5.29. The maximum atomic E-state index is 13.0. The molecule has 0 radical (unpaired) electrons. The van der Waals surface area contributed by atoms with Crippen LogP contribution in [0.2, 0.25) is 0 Å². The minimum Gasteiger partial charge on any atom is -0.450 e. The van der Waals surface area contributed by atoms with Crippen LogP contribution < -0.4 is 5.32 Å². The Hall–Kier alpha value is -1.58. The van der Waals surface area contributed by atoms with Gasteiger partial charge >= 0.3 is 6.09 Å². The van der Waals surface area contributed by atoms with Gasteiger partial charge in [-0.25, -0.2) is 9.18 Å². The lowest BCUT2D eigenvalue weighted by Crippen LogP contribution is -2.26. The fraction of sp³-hybridized carbons (Fsp3) is 0.417. The highest BCUT2D eigenvalue weighted by molar-refractivity contribution is 5.67. The van der Waals surface area contributed by atoms with Crippen molar-refractivity contribution in [1.29, 1.82) is 0 Å². The minimum absolute atomic E-state index is 0.206. The summed E-state index contributed by atoms with van der Waals surface area (Å²) in [7, 11) is 0. The van der Waals surface area contributed by atoms with Crippen LogP contribution in [0.5, 0.6) is 0 Å². The molecule has 1 N–H and O–H groups in total. The van der Waals surface area contributed by atoms with Crippen molar-refractivity contribution in [2.75, 3.05) is 13.2 Å². The van der Waals surface area contributed by atoms with Crippen LogP contribution >= 0.6 is 0 Å². The molecule has 3 nitrogen and oxygen atoms in total. The van der Waals surface area contributed by atoms with Crippen LogP contribution in [0.25, 0.3) is 0 Å². The summed E-state index contributed by atoms with van der Waals surface area (Å²) in [5.74, 6) is -0.206. The Bertz CT molecular complexity index is 366. The summed E-state index contributed by atoms with van der Waals surface area (Å²) >= 11 is 0. The van der Waals surface area contributed by atoms with Gasteiger partial charge < -0.3 is 10.1 Å². The van der Waals surface area contributed by atoms with E-state index in [2.05, 4.69) is 5.32 Å². The molecular formula is C12H16FNO2. The molecule has 0 aliphatic heterocycles. The van der Waals surface area contributed by atoms with Crippen molar-refractivity contribution < 1.29 is 13.9 Å². The molecule has 0 spiro atoms. The summed E-state index contributed by atoms with van der Waals surface area (Å²) in [6, 6.07) is 4.94. The van der Waals surface area contributed by atoms with Gasteiger partial charge in [0.25, 0.3) is 0 Å². The van der Waals surface area contributed by atoms with E-state index in [4.69, 9.17) is 4.74 Å². The third-order valence-corrected chi connectivity index (χ3v) is 2.18. The van der Waals surface area contributed by atoms with Gasteiger partial charge in [0, 0.05) is 6.54 Å². The Morgan fingerprint density at radius 2 is 2.25 bits per heavy atom. The fourth-order valence-electron chi connectivity index (χ4n) is 1.35. The second-order valence-electron chi connectivity index (χ2n) is 3.48. The molecule has 0 atom stereocenters. The predicted molar refractivity (Wildman–Crippen MR) is 59.9 cm³/mol. The predicted octanol–water partition coefficient (Wildman–Crippen LogP) is 2.42. The molecule has 0 saturated heterocycles. The number of benzene rings is 1. The van der Waals surface area contributed by atoms with E-state index in [0.717, 1.165) is 5.56 Å². The smallest absolute Gasteiger partial charge is 0.407 e. The maximum absolute atomic E-state index is 13.0. The van der Waals surface area contributed by atoms with Crippen molar-refractivity contribution in [3.05, 3.63) is 35.1 Å². The first-order valence-corrected chi connectivity index (χ1v) is 5.29. The van der Waals surface area contributed by atoms with Crippen LogP contribution in [-0.2, 0) is 11.2 Å². The number of rotatable bonds is 4. The van der Waals surface area contributed by atoms with Gasteiger partial charge in [-0.1, -0.05) is 12.1 Å². The van der Waals surface area contributed by atoms with Crippen LogP contribution in [-0.4, -0.2) is 19.2 Å². The Morgan fingerprint density at radius 3 is 2.88 bits per heavy atom. The van der Waals surface area contributed by atoms with Crippen LogP contribution in [0.15, 0.2) is 18.2 Å². The van der Waals surface area contributed by atoms with Gasteiger partial charge in [0.2, 0.25) is 0 Å². The van der Waals surface area contributed by atoms with Gasteiger partial charge in [0.05, 0.1) is 6.61 Å². The maximum Gasteiger partial charge on any atom is 0.407 e. The minimum atomic E-state index is -0.415. The molecule has 4 heteroatoms. The fourth-order valence-corrected chi connectivity index (χ4v) is 1.35. The first kappa shape index (κ1) is 12.5. The number of carbonyl (C=O) groups is 1. The summed E-state index contributed by atoms with van der Waals surface area (Å²) in [4.78, 5) is 11.0. The quantitative estimate of drug-likeness (QED) is 0.854. The van der Waals surface area contributed by atoms with E-state index >= 15 is 0 Å².